The molecule has 1 saturated heterocycles. The molecule has 122 valence electrons. The van der Waals surface area contributed by atoms with Crippen LogP contribution in [0.1, 0.15) is 40.7 Å². The molecular formula is C16H20N4O2S. The maximum Gasteiger partial charge on any atom is 0.263 e. The van der Waals surface area contributed by atoms with Gasteiger partial charge in [-0.3, -0.25) is 4.79 Å². The second-order valence-corrected chi connectivity index (χ2v) is 7.27. The van der Waals surface area contributed by atoms with Gasteiger partial charge < -0.3 is 9.64 Å². The van der Waals surface area contributed by atoms with Crippen LogP contribution >= 0.6 is 11.3 Å². The Morgan fingerprint density at radius 3 is 3.09 bits per heavy atom. The van der Waals surface area contributed by atoms with Gasteiger partial charge in [0.05, 0.1) is 23.7 Å². The van der Waals surface area contributed by atoms with Crippen molar-refractivity contribution in [1.29, 1.82) is 0 Å². The molecule has 0 N–H and O–H groups in total. The Balaban J connectivity index is 1.32. The molecule has 2 fully saturated rings. The van der Waals surface area contributed by atoms with Gasteiger partial charge in [-0.2, -0.15) is 0 Å². The minimum atomic E-state index is 0.121. The van der Waals surface area contributed by atoms with E-state index >= 15 is 0 Å². The van der Waals surface area contributed by atoms with Crippen LogP contribution in [0.25, 0.3) is 0 Å². The van der Waals surface area contributed by atoms with E-state index in [0.29, 0.717) is 13.2 Å². The molecule has 2 aliphatic rings. The van der Waals surface area contributed by atoms with Gasteiger partial charge in [0.25, 0.3) is 5.91 Å². The summed E-state index contributed by atoms with van der Waals surface area (Å²) in [6.45, 7) is 2.83. The van der Waals surface area contributed by atoms with Crippen molar-refractivity contribution < 1.29 is 9.53 Å². The lowest BCUT2D eigenvalue weighted by molar-refractivity contribution is 0.0791. The molecule has 0 radical (unpaired) electrons. The molecule has 1 amide bonds. The normalized spacial score (nSPS) is 21.0. The second-order valence-electron chi connectivity index (χ2n) is 6.32. The Kier molecular flexibility index (Phi) is 4.13. The first kappa shape index (κ1) is 14.8. The number of rotatable bonds is 6. The average Bonchev–Trinajstić information content (AvgIpc) is 3.05. The van der Waals surface area contributed by atoms with Crippen molar-refractivity contribution in [1.82, 2.24) is 19.9 Å². The van der Waals surface area contributed by atoms with Gasteiger partial charge in [0.15, 0.2) is 0 Å². The molecule has 3 heterocycles. The van der Waals surface area contributed by atoms with Crippen LogP contribution in [0.4, 0.5) is 0 Å². The molecule has 6 nitrogen and oxygen atoms in total. The number of carbonyl (C=O) groups excluding carboxylic acids is 1. The molecule has 1 aliphatic heterocycles. The van der Waals surface area contributed by atoms with Crippen LogP contribution in [-0.2, 0) is 11.3 Å². The predicted octanol–water partition coefficient (Wildman–Crippen LogP) is 2.35. The van der Waals surface area contributed by atoms with E-state index in [1.54, 1.807) is 0 Å². The van der Waals surface area contributed by atoms with Gasteiger partial charge in [0.1, 0.15) is 5.69 Å². The highest BCUT2D eigenvalue weighted by molar-refractivity contribution is 7.12. The molecule has 1 saturated carbocycles. The van der Waals surface area contributed by atoms with Gasteiger partial charge in [-0.05, 0) is 36.6 Å². The summed E-state index contributed by atoms with van der Waals surface area (Å²) in [4.78, 5) is 15.1. The zero-order chi connectivity index (χ0) is 15.6. The van der Waals surface area contributed by atoms with E-state index in [2.05, 4.69) is 10.3 Å². The second kappa shape index (κ2) is 6.41. The molecule has 23 heavy (non-hydrogen) atoms. The van der Waals surface area contributed by atoms with E-state index in [4.69, 9.17) is 4.74 Å². The molecule has 4 rings (SSSR count). The Bertz CT molecular complexity index is 665. The number of likely N-dealkylation sites (tertiary alicyclic amines) is 1. The smallest absolute Gasteiger partial charge is 0.263 e. The molecule has 1 aliphatic carbocycles. The van der Waals surface area contributed by atoms with Crippen molar-refractivity contribution in [2.45, 2.75) is 31.9 Å². The van der Waals surface area contributed by atoms with Crippen LogP contribution in [-0.4, -0.2) is 45.5 Å². The summed E-state index contributed by atoms with van der Waals surface area (Å²) in [5.74, 6) is 0.882. The van der Waals surface area contributed by atoms with Crippen LogP contribution in [0.15, 0.2) is 23.7 Å². The maximum absolute atomic E-state index is 12.4. The number of aromatic nitrogens is 3. The average molecular weight is 332 g/mol. The number of amides is 1. The zero-order valence-electron chi connectivity index (χ0n) is 12.9. The highest BCUT2D eigenvalue weighted by Crippen LogP contribution is 2.29. The van der Waals surface area contributed by atoms with Crippen molar-refractivity contribution in [3.8, 4) is 0 Å². The fourth-order valence-electron chi connectivity index (χ4n) is 2.87. The van der Waals surface area contributed by atoms with Gasteiger partial charge in [-0.1, -0.05) is 11.3 Å². The lowest BCUT2D eigenvalue weighted by Crippen LogP contribution is -2.28. The van der Waals surface area contributed by atoms with Crippen LogP contribution in [0.5, 0.6) is 0 Å². The minimum absolute atomic E-state index is 0.121. The molecule has 2 aromatic rings. The van der Waals surface area contributed by atoms with Crippen molar-refractivity contribution >= 4 is 17.2 Å². The standard InChI is InChI=1S/C16H20N4O2S/c21-16(15-2-1-7-23-15)19-6-5-14(9-19)20-8-13(17-18-20)11-22-10-12-3-4-12/h1-2,7-8,12,14H,3-6,9-11H2. The van der Waals surface area contributed by atoms with E-state index in [0.717, 1.165) is 36.1 Å². The number of ether oxygens (including phenoxy) is 1. The first-order valence-corrected chi connectivity index (χ1v) is 8.99. The molecule has 1 atom stereocenters. The summed E-state index contributed by atoms with van der Waals surface area (Å²) in [7, 11) is 0. The Morgan fingerprint density at radius 1 is 1.39 bits per heavy atom. The molecule has 0 bridgehead atoms. The third-order valence-electron chi connectivity index (χ3n) is 4.41. The summed E-state index contributed by atoms with van der Waals surface area (Å²) in [6, 6.07) is 4.01. The fourth-order valence-corrected chi connectivity index (χ4v) is 3.56. The van der Waals surface area contributed by atoms with E-state index < -0.39 is 0 Å². The van der Waals surface area contributed by atoms with Crippen molar-refractivity contribution in [2.24, 2.45) is 5.92 Å². The van der Waals surface area contributed by atoms with Crippen molar-refractivity contribution in [2.75, 3.05) is 19.7 Å². The monoisotopic (exact) mass is 332 g/mol. The predicted molar refractivity (Wildman–Crippen MR) is 86.3 cm³/mol. The lowest BCUT2D eigenvalue weighted by atomic mass is 10.3. The summed E-state index contributed by atoms with van der Waals surface area (Å²) in [5, 5.41) is 10.3. The Morgan fingerprint density at radius 2 is 2.30 bits per heavy atom. The van der Waals surface area contributed by atoms with Gasteiger partial charge in [0, 0.05) is 19.7 Å². The number of hydrogen-bond donors (Lipinski definition) is 0. The number of carbonyl (C=O) groups is 1. The van der Waals surface area contributed by atoms with Gasteiger partial charge in [0.2, 0.25) is 0 Å². The molecule has 0 spiro atoms. The number of hydrogen-bond acceptors (Lipinski definition) is 5. The van der Waals surface area contributed by atoms with E-state index in [1.165, 1.54) is 24.2 Å². The molecule has 1 unspecified atom stereocenters. The van der Waals surface area contributed by atoms with E-state index in [9.17, 15) is 4.79 Å². The quantitative estimate of drug-likeness (QED) is 0.815. The first-order valence-electron chi connectivity index (χ1n) is 8.11. The highest BCUT2D eigenvalue weighted by atomic mass is 32.1. The topological polar surface area (TPSA) is 60.2 Å². The van der Waals surface area contributed by atoms with E-state index in [1.807, 2.05) is 33.3 Å². The Labute approximate surface area is 139 Å². The summed E-state index contributed by atoms with van der Waals surface area (Å²) in [6.07, 6.45) is 5.46. The lowest BCUT2D eigenvalue weighted by Gasteiger charge is -2.15. The highest BCUT2D eigenvalue weighted by Gasteiger charge is 2.29. The zero-order valence-corrected chi connectivity index (χ0v) is 13.7. The van der Waals surface area contributed by atoms with Gasteiger partial charge in [-0.25, -0.2) is 4.68 Å². The van der Waals surface area contributed by atoms with Gasteiger partial charge in [-0.15, -0.1) is 16.4 Å². The van der Waals surface area contributed by atoms with Crippen LogP contribution in [0.2, 0.25) is 0 Å². The third kappa shape index (κ3) is 3.45. The minimum Gasteiger partial charge on any atom is -0.375 e. The SMILES string of the molecule is O=C(c1cccs1)N1CCC(n2cc(COCC3CC3)nn2)C1. The molecule has 0 aromatic carbocycles. The Hall–Kier alpha value is -1.73. The number of nitrogens with zero attached hydrogens (tertiary/aromatic N) is 4. The van der Waals surface area contributed by atoms with Crippen molar-refractivity contribution in [3.05, 3.63) is 34.3 Å². The molecule has 2 aromatic heterocycles. The third-order valence-corrected chi connectivity index (χ3v) is 5.27. The van der Waals surface area contributed by atoms with Crippen LogP contribution in [0, 0.1) is 5.92 Å². The first-order chi connectivity index (χ1) is 11.3. The summed E-state index contributed by atoms with van der Waals surface area (Å²) >= 11 is 1.49. The molecule has 7 heteroatoms. The van der Waals surface area contributed by atoms with Crippen LogP contribution < -0.4 is 0 Å². The molecular weight excluding hydrogens is 312 g/mol. The number of thiophene rings is 1. The van der Waals surface area contributed by atoms with Gasteiger partial charge >= 0.3 is 0 Å². The van der Waals surface area contributed by atoms with Crippen molar-refractivity contribution in [3.63, 3.8) is 0 Å². The summed E-state index contributed by atoms with van der Waals surface area (Å²) < 4.78 is 7.54. The maximum atomic E-state index is 12.4. The largest absolute Gasteiger partial charge is 0.375 e. The van der Waals surface area contributed by atoms with E-state index in [-0.39, 0.29) is 11.9 Å². The fraction of sp³-hybridized carbons (Fsp3) is 0.562. The summed E-state index contributed by atoms with van der Waals surface area (Å²) in [5.41, 5.74) is 0.869. The van der Waals surface area contributed by atoms with Crippen LogP contribution in [0.3, 0.4) is 0 Å².